The van der Waals surface area contributed by atoms with E-state index < -0.39 is 56.9 Å². The number of nitrogens with zero attached hydrogens (tertiary/aromatic N) is 2. The monoisotopic (exact) mass is 982 g/mol. The predicted molar refractivity (Wildman–Crippen MR) is 242 cm³/mol. The summed E-state index contributed by atoms with van der Waals surface area (Å²) in [6.07, 6.45) is -7.47. The first-order valence-corrected chi connectivity index (χ1v) is 24.0. The molecule has 68 heavy (non-hydrogen) atoms. The highest BCUT2D eigenvalue weighted by Gasteiger charge is 2.32. The Labute approximate surface area is 388 Å². The van der Waals surface area contributed by atoms with E-state index in [0.29, 0.717) is 0 Å². The van der Waals surface area contributed by atoms with Crippen molar-refractivity contribution in [2.45, 2.75) is 54.3 Å². The lowest BCUT2D eigenvalue weighted by molar-refractivity contribution is -0.275. The minimum absolute atomic E-state index is 0.0467. The van der Waals surface area contributed by atoms with Gasteiger partial charge in [-0.05, 0) is 121 Å². The number of para-hydroxylation sites is 4. The van der Waals surface area contributed by atoms with E-state index in [1.807, 2.05) is 107 Å². The highest BCUT2D eigenvalue weighted by molar-refractivity contribution is 7.89. The number of alkyl halides is 6. The summed E-state index contributed by atoms with van der Waals surface area (Å²) in [7, 11) is -8.16. The third kappa shape index (κ3) is 13.0. The molecule has 8 rings (SSSR count). The number of benzene rings is 6. The lowest BCUT2D eigenvalue weighted by Crippen LogP contribution is -2.39. The normalized spacial score (nSPS) is 14.1. The molecule has 0 radical (unpaired) electrons. The van der Waals surface area contributed by atoms with Crippen molar-refractivity contribution in [2.75, 3.05) is 36.0 Å². The Morgan fingerprint density at radius 2 is 0.868 bits per heavy atom. The van der Waals surface area contributed by atoms with Crippen LogP contribution in [0.1, 0.15) is 22.3 Å². The van der Waals surface area contributed by atoms with E-state index in [4.69, 9.17) is 0 Å². The van der Waals surface area contributed by atoms with Gasteiger partial charge in [-0.25, -0.2) is 26.3 Å². The molecule has 6 aromatic carbocycles. The Kier molecular flexibility index (Phi) is 15.1. The summed E-state index contributed by atoms with van der Waals surface area (Å²) >= 11 is 0. The number of aliphatic hydroxyl groups excluding tert-OH is 1. The molecule has 0 fully saturated rings. The van der Waals surface area contributed by atoms with Crippen LogP contribution in [0.3, 0.4) is 0 Å². The van der Waals surface area contributed by atoms with Crippen LogP contribution in [0, 0.1) is 0 Å². The van der Waals surface area contributed by atoms with Gasteiger partial charge in [0.25, 0.3) is 0 Å². The minimum Gasteiger partial charge on any atom is -0.406 e. The zero-order chi connectivity index (χ0) is 48.7. The summed E-state index contributed by atoms with van der Waals surface area (Å²) < 4.78 is 136. The van der Waals surface area contributed by atoms with E-state index >= 15 is 0 Å². The quantitative estimate of drug-likeness (QED) is 0.0906. The molecule has 20 heteroatoms. The zero-order valence-electron chi connectivity index (χ0n) is 35.9. The number of rotatable bonds is 14. The smallest absolute Gasteiger partial charge is 0.406 e. The molecule has 0 aliphatic carbocycles. The molecule has 1 atom stereocenters. The van der Waals surface area contributed by atoms with E-state index in [1.54, 1.807) is 0 Å². The van der Waals surface area contributed by atoms with Crippen molar-refractivity contribution in [3.05, 3.63) is 168 Å². The number of sulfonamides is 2. The summed E-state index contributed by atoms with van der Waals surface area (Å²) in [5, 5.41) is 10.7. The van der Waals surface area contributed by atoms with Crippen LogP contribution in [0.5, 0.6) is 11.5 Å². The van der Waals surface area contributed by atoms with Gasteiger partial charge in [0.15, 0.2) is 5.78 Å². The largest absolute Gasteiger partial charge is 0.573 e. The first-order valence-electron chi connectivity index (χ1n) is 21.0. The molecule has 358 valence electrons. The van der Waals surface area contributed by atoms with Gasteiger partial charge in [0.2, 0.25) is 20.0 Å². The van der Waals surface area contributed by atoms with Crippen molar-refractivity contribution in [1.82, 2.24) is 9.44 Å². The number of hydrogen-bond donors (Lipinski definition) is 3. The fraction of sp³-hybridized carbons (Fsp3) is 0.229. The molecule has 2 aliphatic heterocycles. The number of β-amino-alcohol motifs (C(OH)–C–C–N with tert-alkyl or cyclic N) is 1. The van der Waals surface area contributed by atoms with Crippen LogP contribution in [-0.2, 0) is 50.5 Å². The average molecular weight is 983 g/mol. The third-order valence-electron chi connectivity index (χ3n) is 10.9. The number of halogens is 6. The third-order valence-corrected chi connectivity index (χ3v) is 13.7. The maximum Gasteiger partial charge on any atom is 0.573 e. The number of carbonyl (C=O) groups excluding carboxylic acids is 1. The Hall–Kier alpha value is -6.45. The first-order chi connectivity index (χ1) is 32.2. The van der Waals surface area contributed by atoms with Crippen molar-refractivity contribution in [3.8, 4) is 11.5 Å². The number of hydrogen-bond acceptors (Lipinski definition) is 10. The van der Waals surface area contributed by atoms with Crippen molar-refractivity contribution >= 4 is 48.6 Å². The molecule has 0 saturated carbocycles. The molecule has 0 amide bonds. The molecule has 0 spiro atoms. The second kappa shape index (κ2) is 20.8. The molecule has 2 heterocycles. The van der Waals surface area contributed by atoms with E-state index in [9.17, 15) is 53.1 Å². The van der Waals surface area contributed by atoms with Crippen LogP contribution in [-0.4, -0.2) is 72.7 Å². The summed E-state index contributed by atoms with van der Waals surface area (Å²) in [6, 6.07) is 38.9. The van der Waals surface area contributed by atoms with Gasteiger partial charge in [0.05, 0.1) is 35.5 Å². The SMILES string of the molecule is O=C(CNS(=O)(=O)c1ccc(OC(F)(F)F)cc1)CN1c2ccccc2CCc2ccccc21.O=S(=O)(NCC(O)CN1c2ccccc2CCc2ccccc21)c1ccc(OC(F)(F)F)cc1. The van der Waals surface area contributed by atoms with E-state index in [-0.39, 0.29) is 35.2 Å². The van der Waals surface area contributed by atoms with Gasteiger partial charge < -0.3 is 24.4 Å². The van der Waals surface area contributed by atoms with Crippen molar-refractivity contribution in [3.63, 3.8) is 0 Å². The highest BCUT2D eigenvalue weighted by atomic mass is 32.2. The molecule has 2 aliphatic rings. The molecule has 0 aromatic heterocycles. The van der Waals surface area contributed by atoms with Gasteiger partial charge in [0.1, 0.15) is 11.5 Å². The average Bonchev–Trinajstić information content (AvgIpc) is 3.55. The number of aliphatic hydroxyl groups is 1. The van der Waals surface area contributed by atoms with E-state index in [2.05, 4.69) is 18.9 Å². The van der Waals surface area contributed by atoms with E-state index in [1.165, 1.54) is 0 Å². The highest BCUT2D eigenvalue weighted by Crippen LogP contribution is 2.37. The molecule has 12 nitrogen and oxygen atoms in total. The van der Waals surface area contributed by atoms with E-state index in [0.717, 1.165) is 119 Å². The van der Waals surface area contributed by atoms with Crippen LogP contribution in [0.25, 0.3) is 0 Å². The number of Topliss-reactive ketones (excluding diaryl/α,β-unsaturated/α-hetero) is 1. The van der Waals surface area contributed by atoms with Crippen LogP contribution >= 0.6 is 0 Å². The van der Waals surface area contributed by atoms with Crippen molar-refractivity contribution < 1.29 is 62.6 Å². The minimum atomic E-state index is -4.88. The van der Waals surface area contributed by atoms with Crippen LogP contribution in [0.15, 0.2) is 155 Å². The Morgan fingerprint density at radius 1 is 0.529 bits per heavy atom. The molecule has 6 aromatic rings. The number of carbonyl (C=O) groups is 1. The van der Waals surface area contributed by atoms with Gasteiger partial charge in [0, 0.05) is 29.3 Å². The number of ketones is 1. The fourth-order valence-corrected chi connectivity index (χ4v) is 9.89. The molecular weight excluding hydrogens is 939 g/mol. The van der Waals surface area contributed by atoms with Gasteiger partial charge in [-0.2, -0.15) is 0 Å². The van der Waals surface area contributed by atoms with Crippen LogP contribution in [0.4, 0.5) is 49.1 Å². The second-order valence-corrected chi connectivity index (χ2v) is 19.2. The summed E-state index contributed by atoms with van der Waals surface area (Å²) in [5.41, 5.74) is 8.14. The number of fused-ring (bicyclic) bond motifs is 4. The summed E-state index contributed by atoms with van der Waals surface area (Å²) in [4.78, 5) is 16.2. The lowest BCUT2D eigenvalue weighted by atomic mass is 10.0. The fourth-order valence-electron chi connectivity index (χ4n) is 7.80. The van der Waals surface area contributed by atoms with Crippen LogP contribution < -0.4 is 28.7 Å². The molecule has 0 saturated heterocycles. The van der Waals surface area contributed by atoms with Gasteiger partial charge >= 0.3 is 12.7 Å². The standard InChI is InChI=1S/C24H23F3N2O4S.C24H21F3N2O4S/c2*25-24(26,27)33-20-11-13-21(14-12-20)34(31,32)28-15-19(30)16-29-22-7-3-1-5-17(22)9-10-18-6-2-4-8-23(18)29/h1-8,11-14,19,28,30H,9-10,15-16H2;1-8,11-14,28H,9-10,15-16H2. The van der Waals surface area contributed by atoms with Gasteiger partial charge in [-0.3, -0.25) is 4.79 Å². The molecular formula is C48H44F6N4O8S2. The number of anilines is 4. The van der Waals surface area contributed by atoms with Crippen molar-refractivity contribution in [2.24, 2.45) is 0 Å². The zero-order valence-corrected chi connectivity index (χ0v) is 37.5. The number of ether oxygens (including phenoxy) is 2. The predicted octanol–water partition coefficient (Wildman–Crippen LogP) is 8.53. The lowest BCUT2D eigenvalue weighted by Gasteiger charge is -2.29. The summed E-state index contributed by atoms with van der Waals surface area (Å²) in [5.74, 6) is -1.43. The van der Waals surface area contributed by atoms with Gasteiger partial charge in [-0.15, -0.1) is 26.3 Å². The maximum atomic E-state index is 12.8. The molecule has 1 unspecified atom stereocenters. The molecule has 0 bridgehead atoms. The number of nitrogens with one attached hydrogen (secondary N) is 2. The summed E-state index contributed by atoms with van der Waals surface area (Å²) in [6.45, 7) is -0.641. The Bertz CT molecular complexity index is 2840. The number of aryl methyl sites for hydroxylation is 4. The maximum absolute atomic E-state index is 12.8. The topological polar surface area (TPSA) is 155 Å². The van der Waals surface area contributed by atoms with Crippen molar-refractivity contribution in [1.29, 1.82) is 0 Å². The molecule has 3 N–H and O–H groups in total. The van der Waals surface area contributed by atoms with Gasteiger partial charge in [-0.1, -0.05) is 72.8 Å². The van der Waals surface area contributed by atoms with Crippen LogP contribution in [0.2, 0.25) is 0 Å². The Morgan fingerprint density at radius 3 is 1.24 bits per heavy atom. The first kappa shape index (κ1) is 49.5. The Balaban J connectivity index is 0.000000201. The second-order valence-electron chi connectivity index (χ2n) is 15.6.